The molecule has 2 aromatic carbocycles. The van der Waals surface area contributed by atoms with E-state index in [1.807, 2.05) is 41.4 Å². The molecule has 0 aliphatic carbocycles. The number of aromatic nitrogens is 2. The lowest BCUT2D eigenvalue weighted by Crippen LogP contribution is -2.40. The van der Waals surface area contributed by atoms with Crippen molar-refractivity contribution in [3.63, 3.8) is 0 Å². The highest BCUT2D eigenvalue weighted by molar-refractivity contribution is 5.40. The molecule has 5 heteroatoms. The molecule has 0 radical (unpaired) electrons. The van der Waals surface area contributed by atoms with Gasteiger partial charge in [0.1, 0.15) is 12.7 Å². The Hall–Kier alpha value is -2.79. The maximum atomic E-state index is 6.09. The Morgan fingerprint density at radius 2 is 1.92 bits per heavy atom. The van der Waals surface area contributed by atoms with Gasteiger partial charge in [-0.15, -0.1) is 0 Å². The highest BCUT2D eigenvalue weighted by Crippen LogP contribution is 2.31. The smallest absolute Gasteiger partial charge is 0.161 e. The molecule has 0 saturated heterocycles. The summed E-state index contributed by atoms with van der Waals surface area (Å²) >= 11 is 0. The Labute approximate surface area is 153 Å². The lowest BCUT2D eigenvalue weighted by Gasteiger charge is -2.30. The fourth-order valence-corrected chi connectivity index (χ4v) is 3.19. The van der Waals surface area contributed by atoms with Crippen molar-refractivity contribution in [2.24, 2.45) is 0 Å². The maximum Gasteiger partial charge on any atom is 0.161 e. The largest absolute Gasteiger partial charge is 0.486 e. The first-order chi connectivity index (χ1) is 12.8. The monoisotopic (exact) mass is 349 g/mol. The van der Waals surface area contributed by atoms with Gasteiger partial charge in [0.05, 0.1) is 6.33 Å². The molecule has 26 heavy (non-hydrogen) atoms. The van der Waals surface area contributed by atoms with E-state index in [0.29, 0.717) is 6.61 Å². The molecule has 3 aromatic rings. The third-order valence-electron chi connectivity index (χ3n) is 4.62. The summed E-state index contributed by atoms with van der Waals surface area (Å²) in [5, 5.41) is 0. The van der Waals surface area contributed by atoms with Crippen LogP contribution in [0.3, 0.4) is 0 Å². The second kappa shape index (κ2) is 7.62. The molecule has 2 heterocycles. The average Bonchev–Trinajstić information content (AvgIpc) is 3.23. The molecule has 1 unspecified atom stereocenters. The van der Waals surface area contributed by atoms with Crippen LogP contribution in [0.15, 0.2) is 67.3 Å². The zero-order chi connectivity index (χ0) is 17.8. The number of fused-ring (bicyclic) bond motifs is 1. The Morgan fingerprint density at radius 1 is 1.12 bits per heavy atom. The molecule has 4 rings (SSSR count). The fraction of sp³-hybridized carbons (Fsp3) is 0.286. The molecular weight excluding hydrogens is 326 g/mol. The van der Waals surface area contributed by atoms with Crippen LogP contribution in [-0.4, -0.2) is 40.3 Å². The molecule has 0 amide bonds. The van der Waals surface area contributed by atoms with E-state index in [0.717, 1.165) is 36.8 Å². The predicted octanol–water partition coefficient (Wildman–Crippen LogP) is 3.53. The second-order valence-electron chi connectivity index (χ2n) is 6.46. The number of ether oxygens (including phenoxy) is 2. The van der Waals surface area contributed by atoms with Crippen LogP contribution >= 0.6 is 0 Å². The van der Waals surface area contributed by atoms with Crippen molar-refractivity contribution in [2.75, 3.05) is 19.7 Å². The van der Waals surface area contributed by atoms with Crippen LogP contribution in [-0.2, 0) is 6.54 Å². The molecule has 1 aromatic heterocycles. The van der Waals surface area contributed by atoms with Crippen molar-refractivity contribution in [3.05, 3.63) is 72.8 Å². The van der Waals surface area contributed by atoms with E-state index in [1.54, 1.807) is 6.20 Å². The summed E-state index contributed by atoms with van der Waals surface area (Å²) in [6.45, 7) is 5.46. The summed E-state index contributed by atoms with van der Waals surface area (Å²) in [6.07, 6.45) is 5.60. The van der Waals surface area contributed by atoms with E-state index >= 15 is 0 Å². The number of rotatable bonds is 6. The fourth-order valence-electron chi connectivity index (χ4n) is 3.19. The Morgan fingerprint density at radius 3 is 2.65 bits per heavy atom. The average molecular weight is 349 g/mol. The molecular formula is C21H23N3O2. The standard InChI is InChI=1S/C21H23N3O2/c1-2-23(14-19-15-25-20-5-3-4-6-21(20)26-19)13-17-7-9-18(10-8-17)24-12-11-22-16-24/h3-12,16,19H,2,13-15H2,1H3. The van der Waals surface area contributed by atoms with Gasteiger partial charge in [0.2, 0.25) is 0 Å². The van der Waals surface area contributed by atoms with Gasteiger partial charge in [0.15, 0.2) is 11.5 Å². The van der Waals surface area contributed by atoms with Crippen LogP contribution < -0.4 is 9.47 Å². The van der Waals surface area contributed by atoms with Crippen molar-refractivity contribution in [2.45, 2.75) is 19.6 Å². The number of nitrogens with zero attached hydrogens (tertiary/aromatic N) is 3. The number of benzene rings is 2. The summed E-state index contributed by atoms with van der Waals surface area (Å²) in [4.78, 5) is 6.48. The van der Waals surface area contributed by atoms with Crippen LogP contribution in [0.1, 0.15) is 12.5 Å². The van der Waals surface area contributed by atoms with Gasteiger partial charge in [-0.3, -0.25) is 4.90 Å². The number of hydrogen-bond acceptors (Lipinski definition) is 4. The predicted molar refractivity (Wildman–Crippen MR) is 101 cm³/mol. The van der Waals surface area contributed by atoms with Gasteiger partial charge in [-0.05, 0) is 36.4 Å². The highest BCUT2D eigenvalue weighted by Gasteiger charge is 2.22. The number of para-hydroxylation sites is 2. The van der Waals surface area contributed by atoms with Crippen LogP contribution in [0.5, 0.6) is 11.5 Å². The molecule has 1 atom stereocenters. The quantitative estimate of drug-likeness (QED) is 0.682. The number of hydrogen-bond donors (Lipinski definition) is 0. The van der Waals surface area contributed by atoms with Gasteiger partial charge in [0.25, 0.3) is 0 Å². The van der Waals surface area contributed by atoms with Crippen molar-refractivity contribution in [3.8, 4) is 17.2 Å². The summed E-state index contributed by atoms with van der Waals surface area (Å²) < 4.78 is 13.9. The summed E-state index contributed by atoms with van der Waals surface area (Å²) in [5.74, 6) is 1.67. The van der Waals surface area contributed by atoms with Crippen LogP contribution in [0.25, 0.3) is 5.69 Å². The van der Waals surface area contributed by atoms with Gasteiger partial charge in [-0.2, -0.15) is 0 Å². The molecule has 1 aliphatic rings. The van der Waals surface area contributed by atoms with Gasteiger partial charge in [-0.25, -0.2) is 4.98 Å². The number of likely N-dealkylation sites (N-methyl/N-ethyl adjacent to an activating group) is 1. The normalized spacial score (nSPS) is 16.0. The third kappa shape index (κ3) is 3.73. The van der Waals surface area contributed by atoms with Gasteiger partial charge < -0.3 is 14.0 Å². The Balaban J connectivity index is 1.37. The first-order valence-electron chi connectivity index (χ1n) is 9.00. The minimum atomic E-state index is 0.0510. The molecule has 134 valence electrons. The van der Waals surface area contributed by atoms with E-state index < -0.39 is 0 Å². The minimum Gasteiger partial charge on any atom is -0.486 e. The second-order valence-corrected chi connectivity index (χ2v) is 6.46. The van der Waals surface area contributed by atoms with E-state index in [2.05, 4.69) is 41.1 Å². The SMILES string of the molecule is CCN(Cc1ccc(-n2ccnc2)cc1)CC1COc2ccccc2O1. The minimum absolute atomic E-state index is 0.0510. The number of imidazole rings is 1. The molecule has 0 saturated carbocycles. The molecule has 0 N–H and O–H groups in total. The topological polar surface area (TPSA) is 39.5 Å². The van der Waals surface area contributed by atoms with Gasteiger partial charge in [-0.1, -0.05) is 31.2 Å². The Bertz CT molecular complexity index is 831. The van der Waals surface area contributed by atoms with E-state index in [1.165, 1.54) is 5.56 Å². The van der Waals surface area contributed by atoms with Crippen molar-refractivity contribution in [1.29, 1.82) is 0 Å². The van der Waals surface area contributed by atoms with Crippen LogP contribution in [0.2, 0.25) is 0 Å². The summed E-state index contributed by atoms with van der Waals surface area (Å²) in [5.41, 5.74) is 2.41. The van der Waals surface area contributed by atoms with Gasteiger partial charge in [0, 0.05) is 31.2 Å². The molecule has 0 fully saturated rings. The van der Waals surface area contributed by atoms with E-state index in [4.69, 9.17) is 9.47 Å². The van der Waals surface area contributed by atoms with Crippen LogP contribution in [0.4, 0.5) is 0 Å². The summed E-state index contributed by atoms with van der Waals surface area (Å²) in [6, 6.07) is 16.5. The molecule has 5 nitrogen and oxygen atoms in total. The third-order valence-corrected chi connectivity index (χ3v) is 4.62. The molecule has 1 aliphatic heterocycles. The van der Waals surface area contributed by atoms with E-state index in [9.17, 15) is 0 Å². The molecule has 0 bridgehead atoms. The van der Waals surface area contributed by atoms with Crippen molar-refractivity contribution >= 4 is 0 Å². The Kier molecular flexibility index (Phi) is 4.88. The van der Waals surface area contributed by atoms with Crippen molar-refractivity contribution < 1.29 is 9.47 Å². The lowest BCUT2D eigenvalue weighted by molar-refractivity contribution is 0.0580. The summed E-state index contributed by atoms with van der Waals surface area (Å²) in [7, 11) is 0. The van der Waals surface area contributed by atoms with E-state index in [-0.39, 0.29) is 6.10 Å². The highest BCUT2D eigenvalue weighted by atomic mass is 16.6. The zero-order valence-corrected chi connectivity index (χ0v) is 14.9. The van der Waals surface area contributed by atoms with Gasteiger partial charge >= 0.3 is 0 Å². The maximum absolute atomic E-state index is 6.09. The zero-order valence-electron chi connectivity index (χ0n) is 14.9. The lowest BCUT2D eigenvalue weighted by atomic mass is 10.1. The van der Waals surface area contributed by atoms with Crippen LogP contribution in [0, 0.1) is 0 Å². The first kappa shape index (κ1) is 16.7. The van der Waals surface area contributed by atoms with Crippen molar-refractivity contribution in [1.82, 2.24) is 14.5 Å². The molecule has 0 spiro atoms. The first-order valence-corrected chi connectivity index (χ1v) is 9.00.